The van der Waals surface area contributed by atoms with Crippen LogP contribution in [0.5, 0.6) is 0 Å². The number of amides is 1. The molecule has 3 N–H and O–H groups in total. The molecule has 1 aromatic carbocycles. The van der Waals surface area contributed by atoms with Crippen molar-refractivity contribution in [1.29, 1.82) is 0 Å². The first-order chi connectivity index (χ1) is 7.75. The molecule has 0 aliphatic heterocycles. The van der Waals surface area contributed by atoms with Gasteiger partial charge in [0.2, 0.25) is 5.91 Å². The lowest BCUT2D eigenvalue weighted by molar-refractivity contribution is -0.122. The van der Waals surface area contributed by atoms with Gasteiger partial charge in [-0.05, 0) is 31.9 Å². The molecule has 16 heavy (non-hydrogen) atoms. The van der Waals surface area contributed by atoms with Crippen molar-refractivity contribution in [2.75, 3.05) is 13.1 Å². The molecule has 0 saturated heterocycles. The zero-order chi connectivity index (χ0) is 11.8. The third-order valence-corrected chi connectivity index (χ3v) is 2.62. The SMILES string of the molecule is CC(C(=O)NCCCCN)c1ccccc1. The Labute approximate surface area is 97.0 Å². The fraction of sp³-hybridized carbons (Fsp3) is 0.462. The van der Waals surface area contributed by atoms with Gasteiger partial charge in [0, 0.05) is 6.54 Å². The number of nitrogens with one attached hydrogen (secondary N) is 1. The number of benzene rings is 1. The van der Waals surface area contributed by atoms with Crippen molar-refractivity contribution < 1.29 is 4.79 Å². The number of nitrogens with two attached hydrogens (primary N) is 1. The summed E-state index contributed by atoms with van der Waals surface area (Å²) in [7, 11) is 0. The summed E-state index contributed by atoms with van der Waals surface area (Å²) in [6.07, 6.45) is 1.91. The summed E-state index contributed by atoms with van der Waals surface area (Å²) >= 11 is 0. The first kappa shape index (κ1) is 12.7. The molecular formula is C13H20N2O. The van der Waals surface area contributed by atoms with E-state index in [2.05, 4.69) is 5.32 Å². The van der Waals surface area contributed by atoms with Gasteiger partial charge < -0.3 is 11.1 Å². The Morgan fingerprint density at radius 3 is 2.62 bits per heavy atom. The zero-order valence-corrected chi connectivity index (χ0v) is 9.78. The van der Waals surface area contributed by atoms with E-state index < -0.39 is 0 Å². The average molecular weight is 220 g/mol. The van der Waals surface area contributed by atoms with E-state index in [-0.39, 0.29) is 11.8 Å². The molecular weight excluding hydrogens is 200 g/mol. The fourth-order valence-electron chi connectivity index (χ4n) is 1.53. The van der Waals surface area contributed by atoms with E-state index >= 15 is 0 Å². The maximum absolute atomic E-state index is 11.8. The smallest absolute Gasteiger partial charge is 0.227 e. The van der Waals surface area contributed by atoms with Gasteiger partial charge in [0.05, 0.1) is 5.92 Å². The molecule has 0 saturated carbocycles. The number of hydrogen-bond acceptors (Lipinski definition) is 2. The van der Waals surface area contributed by atoms with Crippen LogP contribution in [0.3, 0.4) is 0 Å². The summed E-state index contributed by atoms with van der Waals surface area (Å²) < 4.78 is 0. The Morgan fingerprint density at radius 2 is 2.00 bits per heavy atom. The van der Waals surface area contributed by atoms with Crippen molar-refractivity contribution in [3.63, 3.8) is 0 Å². The third kappa shape index (κ3) is 4.03. The Hall–Kier alpha value is -1.35. The highest BCUT2D eigenvalue weighted by Crippen LogP contribution is 2.14. The summed E-state index contributed by atoms with van der Waals surface area (Å²) in [6, 6.07) is 9.81. The van der Waals surface area contributed by atoms with Crippen molar-refractivity contribution in [3.8, 4) is 0 Å². The lowest BCUT2D eigenvalue weighted by Crippen LogP contribution is -2.29. The minimum Gasteiger partial charge on any atom is -0.356 e. The monoisotopic (exact) mass is 220 g/mol. The van der Waals surface area contributed by atoms with E-state index in [9.17, 15) is 4.79 Å². The maximum atomic E-state index is 11.8. The molecule has 0 radical (unpaired) electrons. The van der Waals surface area contributed by atoms with Crippen LogP contribution in [0, 0.1) is 0 Å². The quantitative estimate of drug-likeness (QED) is 0.716. The topological polar surface area (TPSA) is 55.1 Å². The second-order valence-electron chi connectivity index (χ2n) is 3.92. The fourth-order valence-corrected chi connectivity index (χ4v) is 1.53. The van der Waals surface area contributed by atoms with Crippen LogP contribution in [-0.4, -0.2) is 19.0 Å². The number of hydrogen-bond donors (Lipinski definition) is 2. The molecule has 0 bridgehead atoms. The number of rotatable bonds is 6. The molecule has 1 rings (SSSR count). The van der Waals surface area contributed by atoms with E-state index in [0.29, 0.717) is 13.1 Å². The normalized spacial score (nSPS) is 12.1. The van der Waals surface area contributed by atoms with Gasteiger partial charge in [-0.15, -0.1) is 0 Å². The lowest BCUT2D eigenvalue weighted by Gasteiger charge is -2.12. The second-order valence-corrected chi connectivity index (χ2v) is 3.92. The van der Waals surface area contributed by atoms with Crippen LogP contribution in [0.15, 0.2) is 30.3 Å². The van der Waals surface area contributed by atoms with Gasteiger partial charge in [0.15, 0.2) is 0 Å². The number of carbonyl (C=O) groups is 1. The van der Waals surface area contributed by atoms with Gasteiger partial charge >= 0.3 is 0 Å². The molecule has 1 amide bonds. The Balaban J connectivity index is 2.37. The highest BCUT2D eigenvalue weighted by molar-refractivity contribution is 5.83. The Bertz CT molecular complexity index is 311. The zero-order valence-electron chi connectivity index (χ0n) is 9.78. The Kier molecular flexibility index (Phi) is 5.57. The minimum absolute atomic E-state index is 0.0842. The Morgan fingerprint density at radius 1 is 1.31 bits per heavy atom. The van der Waals surface area contributed by atoms with Crippen LogP contribution in [0.25, 0.3) is 0 Å². The molecule has 0 spiro atoms. The minimum atomic E-state index is -0.0842. The predicted molar refractivity (Wildman–Crippen MR) is 66.2 cm³/mol. The lowest BCUT2D eigenvalue weighted by atomic mass is 10.0. The maximum Gasteiger partial charge on any atom is 0.227 e. The van der Waals surface area contributed by atoms with E-state index in [4.69, 9.17) is 5.73 Å². The van der Waals surface area contributed by atoms with E-state index in [1.54, 1.807) is 0 Å². The predicted octanol–water partition coefficient (Wildman–Crippen LogP) is 1.65. The van der Waals surface area contributed by atoms with Gasteiger partial charge in [-0.1, -0.05) is 30.3 Å². The van der Waals surface area contributed by atoms with Gasteiger partial charge in [0.25, 0.3) is 0 Å². The highest BCUT2D eigenvalue weighted by atomic mass is 16.1. The van der Waals surface area contributed by atoms with Crippen LogP contribution < -0.4 is 11.1 Å². The van der Waals surface area contributed by atoms with Crippen molar-refractivity contribution in [1.82, 2.24) is 5.32 Å². The molecule has 0 aliphatic carbocycles. The summed E-state index contributed by atoms with van der Waals surface area (Å²) in [5.41, 5.74) is 6.44. The molecule has 0 heterocycles. The first-order valence-electron chi connectivity index (χ1n) is 5.78. The van der Waals surface area contributed by atoms with E-state index in [1.165, 1.54) is 0 Å². The van der Waals surface area contributed by atoms with Crippen molar-refractivity contribution in [3.05, 3.63) is 35.9 Å². The summed E-state index contributed by atoms with van der Waals surface area (Å²) in [6.45, 7) is 3.32. The van der Waals surface area contributed by atoms with E-state index in [0.717, 1.165) is 18.4 Å². The number of unbranched alkanes of at least 4 members (excludes halogenated alkanes) is 1. The van der Waals surface area contributed by atoms with Crippen LogP contribution in [0.1, 0.15) is 31.2 Å². The summed E-state index contributed by atoms with van der Waals surface area (Å²) in [4.78, 5) is 11.8. The van der Waals surface area contributed by atoms with Crippen LogP contribution in [0.4, 0.5) is 0 Å². The molecule has 1 unspecified atom stereocenters. The standard InChI is InChI=1S/C13H20N2O/c1-11(12-7-3-2-4-8-12)13(16)15-10-6-5-9-14/h2-4,7-8,11H,5-6,9-10,14H2,1H3,(H,15,16). The number of carbonyl (C=O) groups excluding carboxylic acids is 1. The van der Waals surface area contributed by atoms with Crippen LogP contribution >= 0.6 is 0 Å². The van der Waals surface area contributed by atoms with Gasteiger partial charge in [-0.2, -0.15) is 0 Å². The molecule has 1 aromatic rings. The van der Waals surface area contributed by atoms with Gasteiger partial charge in [0.1, 0.15) is 0 Å². The van der Waals surface area contributed by atoms with Crippen molar-refractivity contribution in [2.24, 2.45) is 5.73 Å². The molecule has 0 aliphatic rings. The van der Waals surface area contributed by atoms with Crippen molar-refractivity contribution >= 4 is 5.91 Å². The molecule has 0 fully saturated rings. The molecule has 3 nitrogen and oxygen atoms in total. The summed E-state index contributed by atoms with van der Waals surface area (Å²) in [5.74, 6) is 0.00213. The van der Waals surface area contributed by atoms with Crippen LogP contribution in [-0.2, 0) is 4.79 Å². The largest absolute Gasteiger partial charge is 0.356 e. The molecule has 0 aromatic heterocycles. The second kappa shape index (κ2) is 7.01. The highest BCUT2D eigenvalue weighted by Gasteiger charge is 2.13. The van der Waals surface area contributed by atoms with Gasteiger partial charge in [-0.25, -0.2) is 0 Å². The molecule has 88 valence electrons. The molecule has 3 heteroatoms. The van der Waals surface area contributed by atoms with Crippen LogP contribution in [0.2, 0.25) is 0 Å². The average Bonchev–Trinajstić information content (AvgIpc) is 2.34. The van der Waals surface area contributed by atoms with E-state index in [1.807, 2.05) is 37.3 Å². The summed E-state index contributed by atoms with van der Waals surface area (Å²) in [5, 5.41) is 2.92. The first-order valence-corrected chi connectivity index (χ1v) is 5.78. The van der Waals surface area contributed by atoms with Gasteiger partial charge in [-0.3, -0.25) is 4.79 Å². The van der Waals surface area contributed by atoms with Crippen molar-refractivity contribution in [2.45, 2.75) is 25.7 Å². The third-order valence-electron chi connectivity index (χ3n) is 2.62. The molecule has 1 atom stereocenters.